The molecule has 8 rings (SSSR count). The molecular formula is C34H42B2N2Na2O16. The first-order valence-electron chi connectivity index (χ1n) is 18.2. The third kappa shape index (κ3) is 9.81. The van der Waals surface area contributed by atoms with Crippen LogP contribution in [-0.2, 0) is 31.9 Å². The van der Waals surface area contributed by atoms with Gasteiger partial charge in [-0.05, 0) is 61.8 Å². The van der Waals surface area contributed by atoms with E-state index in [1.54, 1.807) is 34.1 Å². The summed E-state index contributed by atoms with van der Waals surface area (Å²) in [5, 5.41) is 58.2. The van der Waals surface area contributed by atoms with Crippen LogP contribution in [0.25, 0.3) is 0 Å². The molecule has 4 saturated heterocycles. The molecule has 6 N–H and O–H groups in total. The van der Waals surface area contributed by atoms with E-state index in [4.69, 9.17) is 28.3 Å². The Kier molecular flexibility index (Phi) is 14.4. The standard InChI is InChI=1S/2C17H21BNO8.2Na/c2*20-16(13-2-1-7-25-13)19-8-11(9-19)26-12-4-3-10-5-6-18(23,24)27-15(10)14(12)17(21)22;;/h2*3-4,11,13,23-24H,1-2,5-9H2,(H,21,22);;/q2*-1;2*+1/t2*13-;;/m00../s1. The number of carboxylic acids is 2. The fraction of sp³-hybridized carbons (Fsp3) is 0.529. The number of hydrogen-bond donors (Lipinski definition) is 6. The van der Waals surface area contributed by atoms with Crippen LogP contribution in [0.15, 0.2) is 24.3 Å². The summed E-state index contributed by atoms with van der Waals surface area (Å²) in [6, 6.07) is 6.42. The first-order valence-corrected chi connectivity index (χ1v) is 18.2. The molecule has 4 fully saturated rings. The first kappa shape index (κ1) is 44.5. The summed E-state index contributed by atoms with van der Waals surface area (Å²) in [5.41, 5.74) is 0.712. The number of fused-ring (bicyclic) bond motifs is 2. The van der Waals surface area contributed by atoms with E-state index in [1.807, 2.05) is 0 Å². The maximum Gasteiger partial charge on any atom is 1.00 e. The van der Waals surface area contributed by atoms with Gasteiger partial charge in [0.1, 0.15) is 47.0 Å². The fourth-order valence-corrected chi connectivity index (χ4v) is 7.36. The molecule has 0 radical (unpaired) electrons. The first-order chi connectivity index (χ1) is 25.7. The molecule has 56 heavy (non-hydrogen) atoms. The number of nitrogens with zero attached hydrogens (tertiary/aromatic N) is 2. The SMILES string of the molecule is O=C(O)c1c(OC2CN(C(=O)[C@@H]3CCCO3)C2)ccc2c1O[B-](O)(O)CC2.O=C(O)c1c(OC2CN(C(=O)[C@@H]3CCCO3)C2)ccc2c1O[B-](O)(O)CC2.[Na+].[Na+]. The van der Waals surface area contributed by atoms with Gasteiger partial charge in [-0.25, -0.2) is 9.59 Å². The largest absolute Gasteiger partial charge is 1.00 e. The van der Waals surface area contributed by atoms with E-state index < -0.39 is 25.4 Å². The zero-order valence-corrected chi connectivity index (χ0v) is 35.3. The number of rotatable bonds is 8. The van der Waals surface area contributed by atoms with Gasteiger partial charge in [0.15, 0.2) is 0 Å². The predicted molar refractivity (Wildman–Crippen MR) is 185 cm³/mol. The zero-order chi connectivity index (χ0) is 38.4. The van der Waals surface area contributed by atoms with Crippen LogP contribution in [0.2, 0.25) is 12.6 Å². The molecule has 0 unspecified atom stereocenters. The Hall–Kier alpha value is -2.59. The molecule has 0 aliphatic carbocycles. The number of ether oxygens (including phenoxy) is 4. The van der Waals surface area contributed by atoms with Gasteiger partial charge in [0.2, 0.25) is 0 Å². The van der Waals surface area contributed by atoms with Crippen molar-refractivity contribution < 1.29 is 137 Å². The summed E-state index contributed by atoms with van der Waals surface area (Å²) in [7, 11) is 0. The Labute approximate surface area is 365 Å². The molecule has 0 spiro atoms. The van der Waals surface area contributed by atoms with E-state index in [2.05, 4.69) is 0 Å². The van der Waals surface area contributed by atoms with Gasteiger partial charge in [0, 0.05) is 13.2 Å². The molecule has 6 aliphatic rings. The molecule has 2 aromatic rings. The summed E-state index contributed by atoms with van der Waals surface area (Å²) in [6.45, 7) is -3.56. The number of aromatic carboxylic acids is 2. The maximum absolute atomic E-state index is 12.2. The number of amides is 2. The average Bonchev–Trinajstić information content (AvgIpc) is 3.81. The molecule has 18 nitrogen and oxygen atoms in total. The molecular weight excluding hydrogens is 760 g/mol. The van der Waals surface area contributed by atoms with Crippen molar-refractivity contribution in [3.05, 3.63) is 46.5 Å². The van der Waals surface area contributed by atoms with Gasteiger partial charge in [-0.2, -0.15) is 0 Å². The minimum atomic E-state index is -3.08. The minimum absolute atomic E-state index is 0. The zero-order valence-electron chi connectivity index (χ0n) is 31.3. The second kappa shape index (κ2) is 18.1. The van der Waals surface area contributed by atoms with Crippen molar-refractivity contribution in [1.29, 1.82) is 0 Å². The van der Waals surface area contributed by atoms with Crippen LogP contribution in [0.1, 0.15) is 57.5 Å². The summed E-state index contributed by atoms with van der Waals surface area (Å²) < 4.78 is 32.6. The number of carbonyl (C=O) groups is 4. The van der Waals surface area contributed by atoms with Gasteiger partial charge in [0.25, 0.3) is 11.8 Å². The molecule has 2 amide bonds. The van der Waals surface area contributed by atoms with E-state index in [9.17, 15) is 49.5 Å². The number of carbonyl (C=O) groups excluding carboxylic acids is 2. The van der Waals surface area contributed by atoms with Gasteiger partial charge in [0.05, 0.1) is 37.7 Å². The van der Waals surface area contributed by atoms with Gasteiger partial charge in [-0.15, -0.1) is 0 Å². The maximum atomic E-state index is 12.2. The second-order valence-corrected chi connectivity index (χ2v) is 14.5. The van der Waals surface area contributed by atoms with Crippen molar-refractivity contribution in [3.63, 3.8) is 0 Å². The van der Waals surface area contributed by atoms with Gasteiger partial charge in [-0.3, -0.25) is 9.59 Å². The van der Waals surface area contributed by atoms with Crippen LogP contribution < -0.4 is 77.9 Å². The monoisotopic (exact) mass is 802 g/mol. The smallest absolute Gasteiger partial charge is 0.669 e. The second-order valence-electron chi connectivity index (χ2n) is 14.5. The van der Waals surface area contributed by atoms with Crippen molar-refractivity contribution in [2.45, 2.75) is 75.6 Å². The van der Waals surface area contributed by atoms with Crippen LogP contribution in [0, 0.1) is 0 Å². The van der Waals surface area contributed by atoms with E-state index in [-0.39, 0.29) is 142 Å². The summed E-state index contributed by atoms with van der Waals surface area (Å²) in [4.78, 5) is 51.2. The average molecular weight is 802 g/mol. The van der Waals surface area contributed by atoms with Crippen molar-refractivity contribution in [2.75, 3.05) is 39.4 Å². The van der Waals surface area contributed by atoms with Gasteiger partial charge >= 0.3 is 84.6 Å². The third-order valence-corrected chi connectivity index (χ3v) is 10.3. The third-order valence-electron chi connectivity index (χ3n) is 10.3. The quantitative estimate of drug-likeness (QED) is 0.136. The van der Waals surface area contributed by atoms with Crippen LogP contribution in [0.3, 0.4) is 0 Å². The summed E-state index contributed by atoms with van der Waals surface area (Å²) >= 11 is 0. The summed E-state index contributed by atoms with van der Waals surface area (Å²) in [6.07, 6.45) is 2.36. The number of hydrogen-bond acceptors (Lipinski definition) is 14. The number of aryl methyl sites for hydroxylation is 2. The Morgan fingerprint density at radius 2 is 1.00 bits per heavy atom. The molecule has 6 heterocycles. The molecule has 0 saturated carbocycles. The van der Waals surface area contributed by atoms with Crippen molar-refractivity contribution in [3.8, 4) is 23.0 Å². The van der Waals surface area contributed by atoms with Crippen LogP contribution in [-0.4, -0.2) is 141 Å². The minimum Gasteiger partial charge on any atom is -0.669 e. The molecule has 292 valence electrons. The van der Waals surface area contributed by atoms with Crippen molar-refractivity contribution >= 4 is 37.3 Å². The molecule has 0 aromatic heterocycles. The number of benzene rings is 2. The van der Waals surface area contributed by atoms with E-state index >= 15 is 0 Å². The molecule has 2 aromatic carbocycles. The Balaban J connectivity index is 0.000000207. The van der Waals surface area contributed by atoms with Crippen LogP contribution in [0.5, 0.6) is 23.0 Å². The van der Waals surface area contributed by atoms with Gasteiger partial charge in [-0.1, -0.05) is 24.8 Å². The predicted octanol–water partition coefficient (Wildman–Crippen LogP) is -5.97. The summed E-state index contributed by atoms with van der Waals surface area (Å²) in [5.74, 6) is -2.64. The number of likely N-dealkylation sites (tertiary alicyclic amines) is 2. The molecule has 2 atom stereocenters. The van der Waals surface area contributed by atoms with E-state index in [0.29, 0.717) is 63.4 Å². The normalized spacial score (nSPS) is 23.1. The topological polar surface area (TPSA) is 252 Å². The van der Waals surface area contributed by atoms with E-state index in [1.165, 1.54) is 0 Å². The van der Waals surface area contributed by atoms with Gasteiger partial charge < -0.3 is 68.4 Å². The molecule has 6 aliphatic heterocycles. The number of carboxylic acid groups (broad SMARTS) is 2. The Bertz CT molecular complexity index is 1680. The van der Waals surface area contributed by atoms with E-state index in [0.717, 1.165) is 25.7 Å². The molecule has 0 bridgehead atoms. The molecule has 22 heteroatoms. The Morgan fingerprint density at radius 3 is 1.32 bits per heavy atom. The van der Waals surface area contributed by atoms with Crippen LogP contribution >= 0.6 is 0 Å². The van der Waals surface area contributed by atoms with Crippen molar-refractivity contribution in [2.24, 2.45) is 0 Å². The fourth-order valence-electron chi connectivity index (χ4n) is 7.36. The van der Waals surface area contributed by atoms with Crippen molar-refractivity contribution in [1.82, 2.24) is 9.80 Å². The van der Waals surface area contributed by atoms with Crippen LogP contribution in [0.4, 0.5) is 0 Å². The Morgan fingerprint density at radius 1 is 0.625 bits per heavy atom.